The van der Waals surface area contributed by atoms with Gasteiger partial charge in [-0.1, -0.05) is 6.42 Å². The van der Waals surface area contributed by atoms with E-state index in [1.807, 2.05) is 4.90 Å². The van der Waals surface area contributed by atoms with Crippen LogP contribution in [0.15, 0.2) is 0 Å². The van der Waals surface area contributed by atoms with Gasteiger partial charge in [0, 0.05) is 39.1 Å². The lowest BCUT2D eigenvalue weighted by atomic mass is 10.1. The van der Waals surface area contributed by atoms with Crippen molar-refractivity contribution in [2.45, 2.75) is 44.7 Å². The van der Waals surface area contributed by atoms with Gasteiger partial charge < -0.3 is 9.80 Å². The maximum absolute atomic E-state index is 11.8. The number of fused-ring (bicyclic) bond motifs is 1. The zero-order valence-corrected chi connectivity index (χ0v) is 13.9. The number of hydrogen-bond acceptors (Lipinski definition) is 5. The molecule has 1 amide bonds. The second-order valence-corrected chi connectivity index (χ2v) is 7.04. The van der Waals surface area contributed by atoms with Crippen LogP contribution in [0.3, 0.4) is 0 Å². The van der Waals surface area contributed by atoms with E-state index in [-0.39, 0.29) is 0 Å². The van der Waals surface area contributed by atoms with E-state index in [0.717, 1.165) is 44.4 Å². The molecular formula is C16H26N6O. The van der Waals surface area contributed by atoms with Gasteiger partial charge in [-0.05, 0) is 32.4 Å². The molecule has 0 N–H and O–H groups in total. The van der Waals surface area contributed by atoms with Crippen LogP contribution in [0.25, 0.3) is 0 Å². The smallest absolute Gasteiger partial charge is 0.227 e. The third-order valence-electron chi connectivity index (χ3n) is 5.53. The summed E-state index contributed by atoms with van der Waals surface area (Å²) < 4.78 is 2.14. The predicted molar refractivity (Wildman–Crippen MR) is 87.1 cm³/mol. The Bertz CT molecular complexity index is 579. The van der Waals surface area contributed by atoms with Crippen LogP contribution in [-0.4, -0.2) is 69.2 Å². The molecule has 4 rings (SSSR count). The molecule has 23 heavy (non-hydrogen) atoms. The lowest BCUT2D eigenvalue weighted by Crippen LogP contribution is -2.52. The Kier molecular flexibility index (Phi) is 3.97. The number of rotatable bonds is 3. The average Bonchev–Trinajstić information content (AvgIpc) is 3.12. The van der Waals surface area contributed by atoms with Gasteiger partial charge in [0.2, 0.25) is 11.9 Å². The molecule has 3 aliphatic rings. The van der Waals surface area contributed by atoms with Crippen LogP contribution < -0.4 is 4.90 Å². The summed E-state index contributed by atoms with van der Waals surface area (Å²) in [4.78, 5) is 18.6. The van der Waals surface area contributed by atoms with E-state index in [0.29, 0.717) is 18.4 Å². The molecule has 1 unspecified atom stereocenters. The molecule has 3 fully saturated rings. The van der Waals surface area contributed by atoms with Gasteiger partial charge in [-0.2, -0.15) is 0 Å². The number of amides is 1. The highest BCUT2D eigenvalue weighted by molar-refractivity contribution is 5.79. The first-order valence-corrected chi connectivity index (χ1v) is 8.87. The Morgan fingerprint density at radius 1 is 1.09 bits per heavy atom. The van der Waals surface area contributed by atoms with Crippen molar-refractivity contribution in [2.24, 2.45) is 7.05 Å². The largest absolute Gasteiger partial charge is 0.337 e. The fourth-order valence-electron chi connectivity index (χ4n) is 4.13. The van der Waals surface area contributed by atoms with Crippen LogP contribution in [-0.2, 0) is 18.4 Å². The van der Waals surface area contributed by atoms with Crippen LogP contribution in [0.4, 0.5) is 5.95 Å². The molecule has 0 aliphatic carbocycles. The van der Waals surface area contributed by atoms with Crippen molar-refractivity contribution < 1.29 is 4.79 Å². The molecule has 126 valence electrons. The molecule has 0 bridgehead atoms. The summed E-state index contributed by atoms with van der Waals surface area (Å²) in [5, 5.41) is 8.88. The fraction of sp³-hybridized carbons (Fsp3) is 0.812. The Labute approximate surface area is 137 Å². The minimum atomic E-state index is 0.318. The topological polar surface area (TPSA) is 57.5 Å². The molecule has 0 aromatic carbocycles. The highest BCUT2D eigenvalue weighted by atomic mass is 16.2. The third kappa shape index (κ3) is 2.82. The monoisotopic (exact) mass is 318 g/mol. The molecule has 3 aliphatic heterocycles. The first kappa shape index (κ1) is 14.9. The molecule has 1 aromatic heterocycles. The number of aromatic nitrogens is 3. The molecule has 3 saturated heterocycles. The van der Waals surface area contributed by atoms with Crippen LogP contribution in [0.2, 0.25) is 0 Å². The van der Waals surface area contributed by atoms with E-state index in [1.165, 1.54) is 32.4 Å². The van der Waals surface area contributed by atoms with Gasteiger partial charge in [-0.15, -0.1) is 10.2 Å². The molecule has 1 aromatic rings. The Hall–Kier alpha value is -1.63. The van der Waals surface area contributed by atoms with Crippen molar-refractivity contribution in [1.82, 2.24) is 24.6 Å². The van der Waals surface area contributed by atoms with Crippen molar-refractivity contribution in [3.05, 3.63) is 5.82 Å². The number of piperazine rings is 1. The summed E-state index contributed by atoms with van der Waals surface area (Å²) >= 11 is 0. The number of hydrogen-bond donors (Lipinski definition) is 0. The third-order valence-corrected chi connectivity index (χ3v) is 5.53. The minimum absolute atomic E-state index is 0.318. The fourth-order valence-corrected chi connectivity index (χ4v) is 4.13. The summed E-state index contributed by atoms with van der Waals surface area (Å²) in [6.07, 6.45) is 5.63. The number of nitrogens with zero attached hydrogens (tertiary/aromatic N) is 6. The van der Waals surface area contributed by atoms with Gasteiger partial charge in [0.1, 0.15) is 5.82 Å². The van der Waals surface area contributed by atoms with Gasteiger partial charge in [-0.3, -0.25) is 14.3 Å². The summed E-state index contributed by atoms with van der Waals surface area (Å²) in [5.41, 5.74) is 0. The molecule has 1 atom stereocenters. The summed E-state index contributed by atoms with van der Waals surface area (Å²) in [5.74, 6) is 2.32. The van der Waals surface area contributed by atoms with Gasteiger partial charge >= 0.3 is 0 Å². The number of likely N-dealkylation sites (tertiary alicyclic amines) is 1. The van der Waals surface area contributed by atoms with Gasteiger partial charge in [0.15, 0.2) is 0 Å². The molecule has 0 radical (unpaired) electrons. The highest BCUT2D eigenvalue weighted by Crippen LogP contribution is 2.25. The van der Waals surface area contributed by atoms with Crippen molar-refractivity contribution in [2.75, 3.05) is 37.6 Å². The number of piperidine rings is 1. The number of carbonyl (C=O) groups is 1. The maximum atomic E-state index is 11.8. The molecule has 7 nitrogen and oxygen atoms in total. The Balaban J connectivity index is 1.44. The van der Waals surface area contributed by atoms with E-state index in [9.17, 15) is 4.79 Å². The predicted octanol–water partition coefficient (Wildman–Crippen LogP) is 0.612. The van der Waals surface area contributed by atoms with Gasteiger partial charge in [0.25, 0.3) is 0 Å². The van der Waals surface area contributed by atoms with Crippen molar-refractivity contribution in [3.63, 3.8) is 0 Å². The average molecular weight is 318 g/mol. The van der Waals surface area contributed by atoms with E-state index >= 15 is 0 Å². The standard InChI is InChI=1S/C16H26N6O/c1-19-14(12-20-7-3-2-4-8-20)17-18-16(19)21-9-10-22-13(11-21)5-6-15(22)23/h13H,2-12H2,1H3. The number of carbonyl (C=O) groups excluding carboxylic acids is 1. The van der Waals surface area contributed by atoms with Crippen molar-refractivity contribution in [3.8, 4) is 0 Å². The maximum Gasteiger partial charge on any atom is 0.227 e. The molecule has 0 spiro atoms. The van der Waals surface area contributed by atoms with Crippen LogP contribution >= 0.6 is 0 Å². The van der Waals surface area contributed by atoms with Gasteiger partial charge in [-0.25, -0.2) is 0 Å². The van der Waals surface area contributed by atoms with E-state index in [2.05, 4.69) is 31.6 Å². The summed E-state index contributed by atoms with van der Waals surface area (Å²) in [7, 11) is 2.07. The number of anilines is 1. The second kappa shape index (κ2) is 6.11. The van der Waals surface area contributed by atoms with Gasteiger partial charge in [0.05, 0.1) is 6.54 Å². The second-order valence-electron chi connectivity index (χ2n) is 7.04. The van der Waals surface area contributed by atoms with E-state index in [1.54, 1.807) is 0 Å². The zero-order chi connectivity index (χ0) is 15.8. The van der Waals surface area contributed by atoms with E-state index < -0.39 is 0 Å². The molecular weight excluding hydrogens is 292 g/mol. The SMILES string of the molecule is Cn1c(CN2CCCCC2)nnc1N1CCN2C(=O)CCC2C1. The van der Waals surface area contributed by atoms with E-state index in [4.69, 9.17) is 0 Å². The highest BCUT2D eigenvalue weighted by Gasteiger charge is 2.36. The quantitative estimate of drug-likeness (QED) is 0.817. The van der Waals surface area contributed by atoms with Crippen LogP contribution in [0, 0.1) is 0 Å². The molecule has 4 heterocycles. The first-order chi connectivity index (χ1) is 11.2. The Morgan fingerprint density at radius 2 is 1.91 bits per heavy atom. The summed E-state index contributed by atoms with van der Waals surface area (Å²) in [6.45, 7) is 5.80. The lowest BCUT2D eigenvalue weighted by Gasteiger charge is -2.37. The molecule has 0 saturated carbocycles. The van der Waals surface area contributed by atoms with Crippen molar-refractivity contribution >= 4 is 11.9 Å². The van der Waals surface area contributed by atoms with Crippen LogP contribution in [0.1, 0.15) is 37.9 Å². The lowest BCUT2D eigenvalue weighted by molar-refractivity contribution is -0.129. The summed E-state index contributed by atoms with van der Waals surface area (Å²) in [6, 6.07) is 0.360. The Morgan fingerprint density at radius 3 is 2.74 bits per heavy atom. The normalized spacial score (nSPS) is 26.0. The van der Waals surface area contributed by atoms with Crippen LogP contribution in [0.5, 0.6) is 0 Å². The zero-order valence-electron chi connectivity index (χ0n) is 13.9. The van der Waals surface area contributed by atoms with Crippen molar-refractivity contribution in [1.29, 1.82) is 0 Å². The molecule has 7 heteroatoms. The first-order valence-electron chi connectivity index (χ1n) is 8.87. The minimum Gasteiger partial charge on any atom is -0.337 e.